The molecule has 1 unspecified atom stereocenters. The first-order chi connectivity index (χ1) is 13.3. The summed E-state index contributed by atoms with van der Waals surface area (Å²) in [5.41, 5.74) is 3.15. The van der Waals surface area contributed by atoms with Crippen LogP contribution in [0.1, 0.15) is 91.8 Å². The fraction of sp³-hybridized carbons (Fsp3) is 0.652. The predicted octanol–water partition coefficient (Wildman–Crippen LogP) is 6.50. The van der Waals surface area contributed by atoms with Gasteiger partial charge in [-0.1, -0.05) is 63.1 Å². The van der Waals surface area contributed by atoms with E-state index in [1.807, 2.05) is 32.9 Å². The van der Waals surface area contributed by atoms with Crippen LogP contribution in [0, 0.1) is 32.1 Å². The fourth-order valence-corrected chi connectivity index (χ4v) is 4.94. The molecule has 28 heavy (non-hydrogen) atoms. The molecule has 0 radical (unpaired) electrons. The van der Waals surface area contributed by atoms with E-state index in [2.05, 4.69) is 6.92 Å². The number of aliphatic carboxylic acids is 1. The maximum atomic E-state index is 13.7. The van der Waals surface area contributed by atoms with E-state index in [4.69, 9.17) is 4.57 Å². The van der Waals surface area contributed by atoms with Gasteiger partial charge in [-0.3, -0.25) is 14.2 Å². The Balaban J connectivity index is 0.00000190. The lowest BCUT2D eigenvalue weighted by Crippen LogP contribution is -2.41. The highest BCUT2D eigenvalue weighted by Crippen LogP contribution is 2.49. The van der Waals surface area contributed by atoms with Gasteiger partial charge in [0.2, 0.25) is 0 Å². The van der Waals surface area contributed by atoms with E-state index in [0.717, 1.165) is 60.8 Å². The molecular formula is C23H35O4P. The highest BCUT2D eigenvalue weighted by Gasteiger charge is 2.50. The smallest absolute Gasteiger partial charge is 0.307 e. The van der Waals surface area contributed by atoms with Crippen molar-refractivity contribution in [3.63, 3.8) is 0 Å². The number of benzene rings is 1. The number of ketones is 1. The molecule has 0 heterocycles. The van der Waals surface area contributed by atoms with Crippen LogP contribution in [0.25, 0.3) is 0 Å². The molecule has 1 N–H and O–H groups in total. The van der Waals surface area contributed by atoms with E-state index in [1.54, 1.807) is 9.12 Å². The SMILES string of the molecule is CCCCCCC(C(=O)O)C1(C(=O)c2c(C)cc(C)cc2C)CCCC1.O=P. The zero-order chi connectivity index (χ0) is 21.3. The molecule has 0 bridgehead atoms. The number of unbranched alkanes of at least 4 members (excludes halogenated alkanes) is 3. The molecule has 1 aliphatic rings. The van der Waals surface area contributed by atoms with Crippen molar-refractivity contribution in [2.45, 2.75) is 85.5 Å². The van der Waals surface area contributed by atoms with Crippen molar-refractivity contribution in [2.24, 2.45) is 11.3 Å². The van der Waals surface area contributed by atoms with Crippen LogP contribution < -0.4 is 0 Å². The van der Waals surface area contributed by atoms with Crippen LogP contribution in [0.2, 0.25) is 0 Å². The summed E-state index contributed by atoms with van der Waals surface area (Å²) in [5.74, 6) is -1.28. The lowest BCUT2D eigenvalue weighted by Gasteiger charge is -2.35. The zero-order valence-electron chi connectivity index (χ0n) is 17.8. The van der Waals surface area contributed by atoms with Crippen molar-refractivity contribution in [2.75, 3.05) is 0 Å². The Hall–Kier alpha value is -1.54. The number of hydrogen-bond acceptors (Lipinski definition) is 3. The Kier molecular flexibility index (Phi) is 10.0. The Morgan fingerprint density at radius 3 is 2.04 bits per heavy atom. The number of hydrogen-bond donors (Lipinski definition) is 1. The first kappa shape index (κ1) is 24.5. The molecule has 156 valence electrons. The number of carbonyl (C=O) groups excluding carboxylic acids is 1. The molecule has 1 atom stereocenters. The lowest BCUT2D eigenvalue weighted by molar-refractivity contribution is -0.146. The van der Waals surface area contributed by atoms with Crippen molar-refractivity contribution in [1.82, 2.24) is 0 Å². The summed E-state index contributed by atoms with van der Waals surface area (Å²) in [6.45, 7) is 8.15. The van der Waals surface area contributed by atoms with Gasteiger partial charge in [-0.05, 0) is 51.2 Å². The second kappa shape index (κ2) is 11.5. The third kappa shape index (κ3) is 5.50. The molecule has 0 amide bonds. The van der Waals surface area contributed by atoms with Crippen molar-refractivity contribution in [1.29, 1.82) is 0 Å². The maximum Gasteiger partial charge on any atom is 0.307 e. The molecule has 1 aliphatic carbocycles. The van der Waals surface area contributed by atoms with Crippen LogP contribution in [0.15, 0.2) is 12.1 Å². The second-order valence-electron chi connectivity index (χ2n) is 8.21. The summed E-state index contributed by atoms with van der Waals surface area (Å²) in [7, 11) is 1.72. The molecule has 0 spiro atoms. The number of rotatable bonds is 9. The standard InChI is InChI=1S/C23H34O3.HOP/c1-5-6-7-8-11-19(22(25)26)23(12-9-10-13-23)21(24)20-17(3)14-16(2)15-18(20)4;1-2/h14-15,19H,5-13H2,1-4H3,(H,25,26);2H. The minimum Gasteiger partial charge on any atom is -0.481 e. The molecule has 4 nitrogen and oxygen atoms in total. The highest BCUT2D eigenvalue weighted by molar-refractivity contribution is 7.00. The second-order valence-corrected chi connectivity index (χ2v) is 8.21. The third-order valence-electron chi connectivity index (χ3n) is 6.16. The van der Waals surface area contributed by atoms with Gasteiger partial charge in [0.1, 0.15) is 9.12 Å². The first-order valence-electron chi connectivity index (χ1n) is 10.4. The highest BCUT2D eigenvalue weighted by atomic mass is 31.0. The van der Waals surface area contributed by atoms with Crippen LogP contribution in [0.3, 0.4) is 0 Å². The van der Waals surface area contributed by atoms with Crippen LogP contribution in [-0.4, -0.2) is 16.9 Å². The van der Waals surface area contributed by atoms with Crippen LogP contribution in [0.5, 0.6) is 0 Å². The van der Waals surface area contributed by atoms with Gasteiger partial charge in [-0.2, -0.15) is 0 Å². The first-order valence-corrected chi connectivity index (χ1v) is 10.8. The average molecular weight is 407 g/mol. The Bertz CT molecular complexity index is 654. The molecule has 1 aromatic rings. The molecule has 0 saturated heterocycles. The van der Waals surface area contributed by atoms with E-state index in [9.17, 15) is 14.7 Å². The van der Waals surface area contributed by atoms with Crippen molar-refractivity contribution in [3.05, 3.63) is 34.4 Å². The maximum absolute atomic E-state index is 13.7. The Labute approximate surface area is 171 Å². The van der Waals surface area contributed by atoms with E-state index < -0.39 is 17.3 Å². The monoisotopic (exact) mass is 406 g/mol. The van der Waals surface area contributed by atoms with Crippen LogP contribution in [0.4, 0.5) is 0 Å². The summed E-state index contributed by atoms with van der Waals surface area (Å²) < 4.78 is 8.06. The number of Topliss-reactive ketones (excluding diaryl/α,β-unsaturated/α-hetero) is 1. The van der Waals surface area contributed by atoms with Gasteiger partial charge in [0.25, 0.3) is 0 Å². The minimum atomic E-state index is -0.792. The molecule has 0 aromatic heterocycles. The van der Waals surface area contributed by atoms with Gasteiger partial charge in [-0.15, -0.1) is 0 Å². The van der Waals surface area contributed by atoms with Crippen LogP contribution >= 0.6 is 9.12 Å². The van der Waals surface area contributed by atoms with E-state index in [1.165, 1.54) is 0 Å². The topological polar surface area (TPSA) is 71.4 Å². The lowest BCUT2D eigenvalue weighted by atomic mass is 9.66. The minimum absolute atomic E-state index is 0.0768. The van der Waals surface area contributed by atoms with Gasteiger partial charge in [0, 0.05) is 11.0 Å². The normalized spacial score (nSPS) is 16.1. The third-order valence-corrected chi connectivity index (χ3v) is 6.16. The fourth-order valence-electron chi connectivity index (χ4n) is 4.94. The van der Waals surface area contributed by atoms with Gasteiger partial charge in [0.05, 0.1) is 5.92 Å². The summed E-state index contributed by atoms with van der Waals surface area (Å²) in [6, 6.07) is 4.08. The van der Waals surface area contributed by atoms with Crippen molar-refractivity contribution >= 4 is 20.9 Å². The molecule has 1 saturated carbocycles. The summed E-state index contributed by atoms with van der Waals surface area (Å²) in [4.78, 5) is 25.9. The number of carboxylic acids is 1. The van der Waals surface area contributed by atoms with Crippen molar-refractivity contribution in [3.8, 4) is 0 Å². The quantitative estimate of drug-likeness (QED) is 0.289. The van der Waals surface area contributed by atoms with Gasteiger partial charge in [0.15, 0.2) is 5.78 Å². The number of aryl methyl sites for hydroxylation is 3. The molecule has 1 fully saturated rings. The van der Waals surface area contributed by atoms with Crippen LogP contribution in [-0.2, 0) is 9.36 Å². The number of carbonyl (C=O) groups is 2. The van der Waals surface area contributed by atoms with Gasteiger partial charge in [-0.25, -0.2) is 0 Å². The Morgan fingerprint density at radius 2 is 1.57 bits per heavy atom. The van der Waals surface area contributed by atoms with E-state index in [0.29, 0.717) is 19.3 Å². The summed E-state index contributed by atoms with van der Waals surface area (Å²) >= 11 is 0. The average Bonchev–Trinajstić information content (AvgIpc) is 3.12. The van der Waals surface area contributed by atoms with Gasteiger partial charge >= 0.3 is 5.97 Å². The number of carboxylic acid groups (broad SMARTS) is 1. The largest absolute Gasteiger partial charge is 0.481 e. The molecular weight excluding hydrogens is 371 g/mol. The molecule has 2 rings (SSSR count). The summed E-state index contributed by atoms with van der Waals surface area (Å²) in [5, 5.41) is 9.98. The molecule has 0 aliphatic heterocycles. The predicted molar refractivity (Wildman–Crippen MR) is 115 cm³/mol. The van der Waals surface area contributed by atoms with Crippen molar-refractivity contribution < 1.29 is 19.3 Å². The zero-order valence-corrected chi connectivity index (χ0v) is 18.8. The summed E-state index contributed by atoms with van der Waals surface area (Å²) in [6.07, 6.45) is 8.15. The van der Waals surface area contributed by atoms with Gasteiger partial charge < -0.3 is 5.11 Å². The molecule has 5 heteroatoms. The molecule has 1 aromatic carbocycles. The Morgan fingerprint density at radius 1 is 1.04 bits per heavy atom. The van der Waals surface area contributed by atoms with E-state index >= 15 is 0 Å². The van der Waals surface area contributed by atoms with E-state index in [-0.39, 0.29) is 5.78 Å².